The molecule has 1 aromatic rings. The molecule has 1 aliphatic rings. The Kier molecular flexibility index (Phi) is 1.88. The fourth-order valence-electron chi connectivity index (χ4n) is 1.36. The average molecular weight is 193 g/mol. The molecule has 1 aromatic carbocycles. The largest absolute Gasteiger partial charge is 0.490 e. The minimum Gasteiger partial charge on any atom is -0.490 e. The van der Waals surface area contributed by atoms with Crippen LogP contribution in [-0.4, -0.2) is 18.7 Å². The fourth-order valence-corrected chi connectivity index (χ4v) is 1.36. The van der Waals surface area contributed by atoms with Crippen molar-refractivity contribution in [3.63, 3.8) is 0 Å². The van der Waals surface area contributed by atoms with E-state index in [-0.39, 0.29) is 18.1 Å². The van der Waals surface area contributed by atoms with E-state index in [4.69, 9.17) is 4.74 Å². The van der Waals surface area contributed by atoms with E-state index in [1.165, 1.54) is 13.2 Å². The first-order valence-electron chi connectivity index (χ1n) is 3.94. The third-order valence-corrected chi connectivity index (χ3v) is 1.97. The monoisotopic (exact) mass is 193 g/mol. The van der Waals surface area contributed by atoms with Gasteiger partial charge in [0.2, 0.25) is 0 Å². The molecule has 6 nitrogen and oxygen atoms in total. The Hall–Kier alpha value is -1.98. The van der Waals surface area contributed by atoms with Crippen LogP contribution in [0.1, 0.15) is 0 Å². The maximum absolute atomic E-state index is 10.8. The van der Waals surface area contributed by atoms with Gasteiger partial charge in [-0.3, -0.25) is 20.1 Å². The summed E-state index contributed by atoms with van der Waals surface area (Å²) in [5, 5.41) is 11.6. The number of rotatable bonds is 2. The number of nitro benzene ring substituents is 1. The highest BCUT2D eigenvalue weighted by molar-refractivity contribution is 5.45. The number of nitro groups is 1. The van der Waals surface area contributed by atoms with Crippen LogP contribution in [0, 0.1) is 10.1 Å². The lowest BCUT2D eigenvalue weighted by molar-refractivity contribution is -0.387. The fraction of sp³-hybridized carbons (Fsp3) is 0.250. The van der Waals surface area contributed by atoms with E-state index in [1.807, 2.05) is 0 Å². The van der Waals surface area contributed by atoms with Crippen molar-refractivity contribution in [1.29, 1.82) is 0 Å². The molecule has 0 aromatic heterocycles. The molecule has 0 amide bonds. The summed E-state index contributed by atoms with van der Waals surface area (Å²) in [5.41, 5.74) is -0.105. The van der Waals surface area contributed by atoms with Gasteiger partial charge < -0.3 is 4.74 Å². The summed E-state index contributed by atoms with van der Waals surface area (Å²) in [5.74, 6) is 0.217. The minimum atomic E-state index is -0.498. The number of hydrogen-bond donors (Lipinski definition) is 0. The van der Waals surface area contributed by atoms with Crippen LogP contribution in [0.3, 0.4) is 0 Å². The number of benzene rings is 1. The first-order chi connectivity index (χ1) is 6.74. The van der Waals surface area contributed by atoms with Crippen LogP contribution in [0.15, 0.2) is 22.1 Å². The summed E-state index contributed by atoms with van der Waals surface area (Å²) in [6.45, 7) is 0.253. The molecule has 0 saturated heterocycles. The minimum absolute atomic E-state index is 0.105. The normalized spacial score (nSPS) is 12.6. The Labute approximate surface area is 78.7 Å². The first kappa shape index (κ1) is 8.61. The second kappa shape index (κ2) is 3.06. The molecule has 0 radical (unpaired) electrons. The highest BCUT2D eigenvalue weighted by Gasteiger charge is 2.20. The second-order valence-electron chi connectivity index (χ2n) is 2.70. The van der Waals surface area contributed by atoms with Gasteiger partial charge in [-0.05, 0) is 12.1 Å². The molecule has 14 heavy (non-hydrogen) atoms. The maximum Gasteiger partial charge on any atom is 0.338 e. The summed E-state index contributed by atoms with van der Waals surface area (Å²) in [6, 6.07) is 3.19. The molecule has 6 heteroatoms. The molecule has 0 aliphatic carbocycles. The number of ether oxygens (including phenoxy) is 1. The summed E-state index contributed by atoms with van der Waals surface area (Å²) in [6.07, 6.45) is 0. The van der Waals surface area contributed by atoms with Crippen LogP contribution < -0.4 is 15.5 Å². The third-order valence-electron chi connectivity index (χ3n) is 1.97. The number of nitrogens with zero attached hydrogens (tertiary/aromatic N) is 3. The smallest absolute Gasteiger partial charge is 0.338 e. The predicted molar refractivity (Wildman–Crippen MR) is 46.8 cm³/mol. The number of fused-ring (bicyclic) bond motifs is 1. The van der Waals surface area contributed by atoms with Crippen molar-refractivity contribution in [3.05, 3.63) is 33.0 Å². The lowest BCUT2D eigenvalue weighted by Crippen LogP contribution is -2.25. The first-order valence-corrected chi connectivity index (χ1v) is 3.94. The van der Waals surface area contributed by atoms with Crippen LogP contribution in [0.4, 0.5) is 5.69 Å². The highest BCUT2D eigenvalue weighted by atomic mass is 16.6. The van der Waals surface area contributed by atoms with Crippen molar-refractivity contribution in [2.75, 3.05) is 13.8 Å². The van der Waals surface area contributed by atoms with Gasteiger partial charge in [-0.15, -0.1) is 0 Å². The predicted octanol–water partition coefficient (Wildman–Crippen LogP) is -0.186. The third kappa shape index (κ3) is 1.12. The molecule has 1 heterocycles. The van der Waals surface area contributed by atoms with Crippen molar-refractivity contribution in [3.8, 4) is 5.75 Å². The van der Waals surface area contributed by atoms with Gasteiger partial charge in [-0.1, -0.05) is 0 Å². The van der Waals surface area contributed by atoms with E-state index in [0.29, 0.717) is 10.7 Å². The molecular formula is C8H7N3O3. The summed E-state index contributed by atoms with van der Waals surface area (Å²) < 4.78 is 4.89. The summed E-state index contributed by atoms with van der Waals surface area (Å²) in [4.78, 5) is 18.2. The van der Waals surface area contributed by atoms with Crippen LogP contribution in [0.25, 0.3) is 0 Å². The summed E-state index contributed by atoms with van der Waals surface area (Å²) in [7, 11) is 1.39. The van der Waals surface area contributed by atoms with Crippen LogP contribution in [0.5, 0.6) is 5.75 Å². The highest BCUT2D eigenvalue weighted by Crippen LogP contribution is 2.20. The van der Waals surface area contributed by atoms with Crippen LogP contribution in [-0.2, 0) is 0 Å². The van der Waals surface area contributed by atoms with Crippen molar-refractivity contribution < 1.29 is 9.66 Å². The zero-order valence-electron chi connectivity index (χ0n) is 7.43. The molecule has 0 N–H and O–H groups in total. The maximum atomic E-state index is 10.8. The molecule has 0 atom stereocenters. The topological polar surface area (TPSA) is 77.1 Å². The molecular weight excluding hydrogens is 186 g/mol. The van der Waals surface area contributed by atoms with Gasteiger partial charge in [-0.2, -0.15) is 0 Å². The van der Waals surface area contributed by atoms with Crippen molar-refractivity contribution in [2.45, 2.75) is 0 Å². The van der Waals surface area contributed by atoms with E-state index in [9.17, 15) is 10.1 Å². The molecule has 0 spiro atoms. The van der Waals surface area contributed by atoms with Crippen molar-refractivity contribution >= 4 is 5.69 Å². The second-order valence-corrected chi connectivity index (χ2v) is 2.70. The Morgan fingerprint density at radius 2 is 2.29 bits per heavy atom. The number of methoxy groups -OCH3 is 1. The zero-order valence-corrected chi connectivity index (χ0v) is 7.43. The van der Waals surface area contributed by atoms with E-state index in [2.05, 4.69) is 9.98 Å². The zero-order chi connectivity index (χ0) is 10.1. The lowest BCUT2D eigenvalue weighted by atomic mass is 10.2. The average Bonchev–Trinajstić information content (AvgIpc) is 2.62. The van der Waals surface area contributed by atoms with Gasteiger partial charge in [0.1, 0.15) is 6.67 Å². The standard InChI is InChI=1S/C8H7N3O3/c1-14-6-3-2-5-7(10-4-9-5)8(6)11(12)13/h2-3H,4H2,1H3. The molecule has 0 unspecified atom stereocenters. The quantitative estimate of drug-likeness (QED) is 0.482. The molecule has 0 bridgehead atoms. The van der Waals surface area contributed by atoms with Gasteiger partial charge in [0.15, 0.2) is 11.1 Å². The molecule has 72 valence electrons. The number of hydrogen-bond acceptors (Lipinski definition) is 5. The van der Waals surface area contributed by atoms with Crippen molar-refractivity contribution in [1.82, 2.24) is 0 Å². The Bertz CT molecular complexity index is 509. The SMILES string of the molecule is COc1ccc2c(c1[N+](=O)[O-])=NCN=2. The van der Waals surface area contributed by atoms with Crippen LogP contribution >= 0.6 is 0 Å². The molecule has 1 aliphatic heterocycles. The van der Waals surface area contributed by atoms with Crippen molar-refractivity contribution in [2.24, 2.45) is 9.98 Å². The lowest BCUT2D eigenvalue weighted by Gasteiger charge is -1.99. The van der Waals surface area contributed by atoms with E-state index in [1.54, 1.807) is 6.07 Å². The van der Waals surface area contributed by atoms with E-state index in [0.717, 1.165) is 0 Å². The van der Waals surface area contributed by atoms with Gasteiger partial charge in [0.05, 0.1) is 17.4 Å². The van der Waals surface area contributed by atoms with E-state index >= 15 is 0 Å². The van der Waals surface area contributed by atoms with Crippen LogP contribution in [0.2, 0.25) is 0 Å². The van der Waals surface area contributed by atoms with Gasteiger partial charge >= 0.3 is 5.69 Å². The van der Waals surface area contributed by atoms with Gasteiger partial charge in [0.25, 0.3) is 0 Å². The Balaban J connectivity index is 2.84. The van der Waals surface area contributed by atoms with Gasteiger partial charge in [-0.25, -0.2) is 0 Å². The Morgan fingerprint density at radius 1 is 1.50 bits per heavy atom. The van der Waals surface area contributed by atoms with Gasteiger partial charge in [0, 0.05) is 0 Å². The molecule has 0 saturated carbocycles. The summed E-state index contributed by atoms with van der Waals surface area (Å²) >= 11 is 0. The Morgan fingerprint density at radius 3 is 2.93 bits per heavy atom. The van der Waals surface area contributed by atoms with E-state index < -0.39 is 4.92 Å². The molecule has 2 rings (SSSR count). The molecule has 0 fully saturated rings.